The Morgan fingerprint density at radius 3 is 2.79 bits per heavy atom. The number of nitrogens with zero attached hydrogens (tertiary/aromatic N) is 5. The summed E-state index contributed by atoms with van der Waals surface area (Å²) in [4.78, 5) is 22.6. The van der Waals surface area contributed by atoms with Gasteiger partial charge in [-0.1, -0.05) is 18.7 Å². The molecule has 1 fully saturated rings. The van der Waals surface area contributed by atoms with Crippen LogP contribution in [0, 0.1) is 5.82 Å². The fourth-order valence-electron chi connectivity index (χ4n) is 4.17. The van der Waals surface area contributed by atoms with E-state index in [2.05, 4.69) is 16.5 Å². The maximum atomic E-state index is 13.9. The van der Waals surface area contributed by atoms with E-state index in [9.17, 15) is 9.18 Å². The number of para-hydroxylation sites is 1. The SMILES string of the molecule is C=CC(=O)N1CCCC(n2nc(-c3ccc(Oc4ccccc4F)cc3)c3cncnc32)C1. The molecule has 0 aliphatic carbocycles. The Labute approximate surface area is 190 Å². The van der Waals surface area contributed by atoms with Gasteiger partial charge in [-0.25, -0.2) is 19.0 Å². The van der Waals surface area contributed by atoms with Gasteiger partial charge in [0, 0.05) is 24.8 Å². The van der Waals surface area contributed by atoms with E-state index in [4.69, 9.17) is 9.84 Å². The van der Waals surface area contributed by atoms with Crippen LogP contribution in [0.3, 0.4) is 0 Å². The third-order valence-electron chi connectivity index (χ3n) is 5.79. The minimum absolute atomic E-state index is 0.0115. The number of hydrogen-bond donors (Lipinski definition) is 0. The lowest BCUT2D eigenvalue weighted by Crippen LogP contribution is -2.40. The molecular weight excluding hydrogens is 421 g/mol. The molecule has 2 aromatic heterocycles. The van der Waals surface area contributed by atoms with E-state index in [1.165, 1.54) is 18.5 Å². The molecule has 7 nitrogen and oxygen atoms in total. The second kappa shape index (κ2) is 8.82. The fourth-order valence-corrected chi connectivity index (χ4v) is 4.17. The molecule has 1 saturated heterocycles. The van der Waals surface area contributed by atoms with Gasteiger partial charge in [0.25, 0.3) is 0 Å². The standard InChI is InChI=1S/C25H22FN5O2/c1-2-23(32)30-13-5-6-18(15-30)31-25-20(14-27-16-28-25)24(29-31)17-9-11-19(12-10-17)33-22-8-4-3-7-21(22)26/h2-4,7-12,14,16,18H,1,5-6,13,15H2. The van der Waals surface area contributed by atoms with E-state index in [1.54, 1.807) is 41.4 Å². The number of carbonyl (C=O) groups is 1. The van der Waals surface area contributed by atoms with E-state index < -0.39 is 5.82 Å². The molecule has 0 saturated carbocycles. The summed E-state index contributed by atoms with van der Waals surface area (Å²) in [5.74, 6) is 0.204. The van der Waals surface area contributed by atoms with Crippen LogP contribution in [0.1, 0.15) is 18.9 Å². The van der Waals surface area contributed by atoms with Gasteiger partial charge in [-0.15, -0.1) is 0 Å². The Bertz CT molecular complexity index is 1320. The number of aromatic nitrogens is 4. The minimum atomic E-state index is -0.417. The number of halogens is 1. The quantitative estimate of drug-likeness (QED) is 0.415. The van der Waals surface area contributed by atoms with Gasteiger partial charge in [0.15, 0.2) is 17.2 Å². The molecule has 0 N–H and O–H groups in total. The van der Waals surface area contributed by atoms with Gasteiger partial charge in [-0.3, -0.25) is 4.79 Å². The third-order valence-corrected chi connectivity index (χ3v) is 5.79. The molecule has 166 valence electrons. The van der Waals surface area contributed by atoms with Crippen molar-refractivity contribution in [3.05, 3.63) is 79.5 Å². The zero-order chi connectivity index (χ0) is 22.8. The second-order valence-corrected chi connectivity index (χ2v) is 7.89. The summed E-state index contributed by atoms with van der Waals surface area (Å²) in [5.41, 5.74) is 2.34. The number of hydrogen-bond acceptors (Lipinski definition) is 5. The lowest BCUT2D eigenvalue weighted by molar-refractivity contribution is -0.127. The molecule has 3 heterocycles. The zero-order valence-electron chi connectivity index (χ0n) is 17.9. The first-order chi connectivity index (χ1) is 16.1. The first-order valence-electron chi connectivity index (χ1n) is 10.8. The number of fused-ring (bicyclic) bond motifs is 1. The summed E-state index contributed by atoms with van der Waals surface area (Å²) in [7, 11) is 0. The van der Waals surface area contributed by atoms with Crippen molar-refractivity contribution >= 4 is 16.9 Å². The van der Waals surface area contributed by atoms with Crippen molar-refractivity contribution in [2.45, 2.75) is 18.9 Å². The summed E-state index contributed by atoms with van der Waals surface area (Å²) in [6, 6.07) is 13.6. The smallest absolute Gasteiger partial charge is 0.246 e. The Hall–Kier alpha value is -4.07. The average Bonchev–Trinajstić information content (AvgIpc) is 3.25. The van der Waals surface area contributed by atoms with Gasteiger partial charge in [0.1, 0.15) is 17.8 Å². The maximum absolute atomic E-state index is 13.9. The number of ether oxygens (including phenoxy) is 1. The zero-order valence-corrected chi connectivity index (χ0v) is 17.9. The monoisotopic (exact) mass is 443 g/mol. The Balaban J connectivity index is 1.46. The Morgan fingerprint density at radius 1 is 1.18 bits per heavy atom. The number of benzene rings is 2. The fraction of sp³-hybridized carbons (Fsp3) is 0.200. The highest BCUT2D eigenvalue weighted by atomic mass is 19.1. The van der Waals surface area contributed by atoms with E-state index in [0.29, 0.717) is 18.8 Å². The van der Waals surface area contributed by atoms with Crippen molar-refractivity contribution in [2.24, 2.45) is 0 Å². The molecule has 0 bridgehead atoms. The molecule has 1 amide bonds. The molecule has 33 heavy (non-hydrogen) atoms. The van der Waals surface area contributed by atoms with Gasteiger partial charge >= 0.3 is 0 Å². The predicted octanol–water partition coefficient (Wildman–Crippen LogP) is 4.77. The van der Waals surface area contributed by atoms with Crippen LogP contribution in [-0.4, -0.2) is 43.6 Å². The number of amides is 1. The second-order valence-electron chi connectivity index (χ2n) is 7.89. The van der Waals surface area contributed by atoms with Crippen LogP contribution in [0.2, 0.25) is 0 Å². The Kier molecular flexibility index (Phi) is 5.56. The number of rotatable bonds is 5. The highest BCUT2D eigenvalue weighted by Crippen LogP contribution is 2.33. The van der Waals surface area contributed by atoms with Gasteiger partial charge in [0.2, 0.25) is 5.91 Å². The molecule has 8 heteroatoms. The number of piperidine rings is 1. The molecule has 1 aliphatic rings. The molecule has 1 atom stereocenters. The van der Waals surface area contributed by atoms with Crippen LogP contribution in [0.5, 0.6) is 11.5 Å². The van der Waals surface area contributed by atoms with Crippen LogP contribution >= 0.6 is 0 Å². The van der Waals surface area contributed by atoms with Gasteiger partial charge in [-0.2, -0.15) is 5.10 Å². The number of likely N-dealkylation sites (tertiary alicyclic amines) is 1. The van der Waals surface area contributed by atoms with E-state index in [0.717, 1.165) is 35.1 Å². The van der Waals surface area contributed by atoms with Crippen LogP contribution in [0.25, 0.3) is 22.3 Å². The highest BCUT2D eigenvalue weighted by molar-refractivity contribution is 5.90. The largest absolute Gasteiger partial charge is 0.454 e. The molecule has 5 rings (SSSR count). The van der Waals surface area contributed by atoms with Crippen molar-refractivity contribution in [1.29, 1.82) is 0 Å². The summed E-state index contributed by atoms with van der Waals surface area (Å²) < 4.78 is 21.5. The molecular formula is C25H22FN5O2. The first-order valence-corrected chi connectivity index (χ1v) is 10.8. The van der Waals surface area contributed by atoms with Gasteiger partial charge in [-0.05, 0) is 55.3 Å². The molecule has 0 spiro atoms. The number of carbonyl (C=O) groups excluding carboxylic acids is 1. The molecule has 0 radical (unpaired) electrons. The Morgan fingerprint density at radius 2 is 2.00 bits per heavy atom. The summed E-state index contributed by atoms with van der Waals surface area (Å²) in [6.45, 7) is 4.87. The maximum Gasteiger partial charge on any atom is 0.246 e. The van der Waals surface area contributed by atoms with Crippen molar-refractivity contribution in [1.82, 2.24) is 24.6 Å². The lowest BCUT2D eigenvalue weighted by Gasteiger charge is -2.32. The predicted molar refractivity (Wildman–Crippen MR) is 122 cm³/mol. The van der Waals surface area contributed by atoms with Crippen LogP contribution in [0.15, 0.2) is 73.7 Å². The molecule has 1 unspecified atom stereocenters. The third kappa shape index (κ3) is 4.07. The van der Waals surface area contributed by atoms with Crippen molar-refractivity contribution in [2.75, 3.05) is 13.1 Å². The van der Waals surface area contributed by atoms with Crippen LogP contribution < -0.4 is 4.74 Å². The molecule has 1 aliphatic heterocycles. The lowest BCUT2D eigenvalue weighted by atomic mass is 10.1. The van der Waals surface area contributed by atoms with Crippen molar-refractivity contribution in [3.63, 3.8) is 0 Å². The van der Waals surface area contributed by atoms with Crippen molar-refractivity contribution in [3.8, 4) is 22.8 Å². The van der Waals surface area contributed by atoms with E-state index >= 15 is 0 Å². The average molecular weight is 443 g/mol. The summed E-state index contributed by atoms with van der Waals surface area (Å²) in [5, 5.41) is 5.71. The van der Waals surface area contributed by atoms with Crippen LogP contribution in [0.4, 0.5) is 4.39 Å². The summed E-state index contributed by atoms with van der Waals surface area (Å²) in [6.07, 6.45) is 6.39. The normalized spacial score (nSPS) is 16.0. The van der Waals surface area contributed by atoms with Gasteiger partial charge < -0.3 is 9.64 Å². The first kappa shape index (κ1) is 20.8. The van der Waals surface area contributed by atoms with E-state index in [1.807, 2.05) is 16.8 Å². The topological polar surface area (TPSA) is 73.1 Å². The molecule has 4 aromatic rings. The van der Waals surface area contributed by atoms with Gasteiger partial charge in [0.05, 0.1) is 11.4 Å². The van der Waals surface area contributed by atoms with E-state index in [-0.39, 0.29) is 17.7 Å². The van der Waals surface area contributed by atoms with Crippen LogP contribution in [-0.2, 0) is 4.79 Å². The molecule has 2 aromatic carbocycles. The minimum Gasteiger partial charge on any atom is -0.454 e. The summed E-state index contributed by atoms with van der Waals surface area (Å²) >= 11 is 0. The highest BCUT2D eigenvalue weighted by Gasteiger charge is 2.27. The van der Waals surface area contributed by atoms with Crippen molar-refractivity contribution < 1.29 is 13.9 Å².